The highest BCUT2D eigenvalue weighted by Gasteiger charge is 2.53. The van der Waals surface area contributed by atoms with Crippen LogP contribution in [-0.2, 0) is 61.9 Å². The van der Waals surface area contributed by atoms with Crippen molar-refractivity contribution in [2.24, 2.45) is 35.5 Å². The molecule has 3 heterocycles. The van der Waals surface area contributed by atoms with E-state index < -0.39 is 77.8 Å². The van der Waals surface area contributed by atoms with Crippen LogP contribution in [0.25, 0.3) is 0 Å². The molecule has 17 heteroatoms. The monoisotopic (exact) mass is 1060 g/mol. The van der Waals surface area contributed by atoms with E-state index in [1.165, 1.54) is 23.8 Å². The molecule has 4 aliphatic rings. The van der Waals surface area contributed by atoms with Crippen LogP contribution in [0.3, 0.4) is 0 Å². The number of piperidine rings is 1. The first-order valence-electron chi connectivity index (χ1n) is 27.0. The van der Waals surface area contributed by atoms with E-state index in [4.69, 9.17) is 33.2 Å². The van der Waals surface area contributed by atoms with E-state index in [0.29, 0.717) is 69.1 Å². The van der Waals surface area contributed by atoms with Gasteiger partial charge < -0.3 is 48.3 Å². The number of fused-ring (bicyclic) bond motifs is 3. The second-order valence-corrected chi connectivity index (χ2v) is 22.6. The predicted octanol–water partition coefficient (Wildman–Crippen LogP) is 7.50. The van der Waals surface area contributed by atoms with Crippen LogP contribution in [0.15, 0.2) is 47.6 Å². The maximum absolute atomic E-state index is 14.6. The molecule has 0 aromatic carbocycles. The standard InChI is InChI=1S/C57H89NO15S/c1-12-74-34-50(60)71-27-26-70-46-24-22-42(31-49(46)68-10)30-38(5)48-33-45(59)37(4)29-40(7)52(62)53(69-11)51(61)39(6)28-35(2)18-14-13-15-19-36(3)47(67-9)32-43-23-21-41(8)57(66,73-43)54(63)55(64)58-25-17-16-20-44(58)56(65)72-48/h13-15,18-19,29,35,37-39,41-44,46-49,52-53,62,66H,12,16-17,20-28,30-34H2,1-11H3/b15-13+,18-14+,36-19+,40-29+/t35-,37-,38-,39-,41-,42+,43+,44+,46-,47+,48+,49-,52-,53+,57-/m1/s1. The molecule has 0 unspecified atom stereocenters. The lowest BCUT2D eigenvalue weighted by Crippen LogP contribution is -2.61. The molecule has 2 saturated heterocycles. The number of ether oxygens (including phenoxy) is 7. The molecule has 1 aliphatic carbocycles. The molecule has 3 aliphatic heterocycles. The summed E-state index contributed by atoms with van der Waals surface area (Å²) in [4.78, 5) is 84.5. The molecule has 0 aromatic heterocycles. The fourth-order valence-corrected chi connectivity index (χ4v) is 11.3. The van der Waals surface area contributed by atoms with Crippen molar-refractivity contribution in [3.8, 4) is 0 Å². The van der Waals surface area contributed by atoms with E-state index in [1.807, 2.05) is 65.0 Å². The van der Waals surface area contributed by atoms with Crippen molar-refractivity contribution < 1.29 is 72.1 Å². The van der Waals surface area contributed by atoms with Crippen molar-refractivity contribution in [1.29, 1.82) is 0 Å². The molecule has 2 bridgehead atoms. The average Bonchev–Trinajstić information content (AvgIpc) is 3.38. The number of rotatable bonds is 13. The van der Waals surface area contributed by atoms with Gasteiger partial charge in [0, 0.05) is 58.5 Å². The van der Waals surface area contributed by atoms with Crippen LogP contribution in [0.2, 0.25) is 0 Å². The van der Waals surface area contributed by atoms with E-state index in [-0.39, 0.29) is 80.1 Å². The summed E-state index contributed by atoms with van der Waals surface area (Å²) < 4.78 is 41.3. The zero-order valence-electron chi connectivity index (χ0n) is 46.1. The summed E-state index contributed by atoms with van der Waals surface area (Å²) in [5, 5.41) is 23.5. The summed E-state index contributed by atoms with van der Waals surface area (Å²) in [7, 11) is 4.59. The third kappa shape index (κ3) is 18.0. The minimum atomic E-state index is -2.45. The van der Waals surface area contributed by atoms with Gasteiger partial charge in [-0.2, -0.15) is 11.8 Å². The van der Waals surface area contributed by atoms with Crippen LogP contribution < -0.4 is 0 Å². The molecular formula is C57H89NO15S. The smallest absolute Gasteiger partial charge is 0.329 e. The van der Waals surface area contributed by atoms with E-state index in [1.54, 1.807) is 41.1 Å². The lowest BCUT2D eigenvalue weighted by atomic mass is 9.78. The summed E-state index contributed by atoms with van der Waals surface area (Å²) in [6.07, 6.45) is 11.7. The number of nitrogens with zero attached hydrogens (tertiary/aromatic N) is 1. The zero-order valence-corrected chi connectivity index (χ0v) is 46.9. The van der Waals surface area contributed by atoms with Gasteiger partial charge in [-0.15, -0.1) is 0 Å². The highest BCUT2D eigenvalue weighted by atomic mass is 32.2. The molecule has 418 valence electrons. The Hall–Kier alpha value is -3.55. The molecule has 0 radical (unpaired) electrons. The van der Waals surface area contributed by atoms with Gasteiger partial charge in [-0.25, -0.2) is 4.79 Å². The number of methoxy groups -OCH3 is 3. The number of aliphatic hydroxyl groups excluding tert-OH is 1. The third-order valence-electron chi connectivity index (χ3n) is 15.6. The van der Waals surface area contributed by atoms with E-state index in [9.17, 15) is 39.0 Å². The van der Waals surface area contributed by atoms with Gasteiger partial charge in [0.1, 0.15) is 36.7 Å². The maximum Gasteiger partial charge on any atom is 0.329 e. The Labute approximate surface area is 445 Å². The molecule has 2 N–H and O–H groups in total. The SMILES string of the molecule is CCSCC(=O)OCCO[C@@H]1CC[C@@H](C[C@@H](C)[C@@H]2CC(=O)[C@H](C)/C=C(\C)[C@@H](O)[C@@H](OC)C(=O)[C@H](C)C[C@H](C)/C=C/C=C/C=C(\C)[C@@H](OC)C[C@@H]3CC[C@@H](C)[C@@](O)(O3)C(=O)C(=O)N3CCCC[C@H]3C(=O)O2)C[C@H]1OC. The van der Waals surface area contributed by atoms with Crippen molar-refractivity contribution in [2.75, 3.05) is 52.6 Å². The summed E-state index contributed by atoms with van der Waals surface area (Å²) in [5.74, 6) is -7.28. The van der Waals surface area contributed by atoms with Gasteiger partial charge in [-0.1, -0.05) is 78.0 Å². The second-order valence-electron chi connectivity index (χ2n) is 21.3. The van der Waals surface area contributed by atoms with Gasteiger partial charge in [-0.3, -0.25) is 24.0 Å². The number of carbonyl (C=O) groups excluding carboxylic acids is 6. The lowest BCUT2D eigenvalue weighted by molar-refractivity contribution is -0.265. The van der Waals surface area contributed by atoms with Crippen LogP contribution in [0.5, 0.6) is 0 Å². The molecule has 15 atom stereocenters. The quantitative estimate of drug-likeness (QED) is 0.0792. The molecule has 1 amide bonds. The fourth-order valence-electron chi connectivity index (χ4n) is 10.9. The fraction of sp³-hybridized carbons (Fsp3) is 0.754. The van der Waals surface area contributed by atoms with Crippen LogP contribution in [0, 0.1) is 35.5 Å². The van der Waals surface area contributed by atoms with E-state index in [0.717, 1.165) is 17.7 Å². The summed E-state index contributed by atoms with van der Waals surface area (Å²) in [5.41, 5.74) is 1.25. The predicted molar refractivity (Wildman–Crippen MR) is 283 cm³/mol. The number of Topliss-reactive ketones (excluding diaryl/α,β-unsaturated/α-hetero) is 3. The first kappa shape index (κ1) is 63.0. The number of hydrogen-bond acceptors (Lipinski definition) is 16. The van der Waals surface area contributed by atoms with Gasteiger partial charge >= 0.3 is 11.9 Å². The number of thioether (sulfide) groups is 1. The number of carbonyl (C=O) groups is 6. The molecule has 1 saturated carbocycles. The minimum absolute atomic E-state index is 0.00825. The Morgan fingerprint density at radius 2 is 1.62 bits per heavy atom. The Balaban J connectivity index is 1.65. The number of amides is 1. The number of allylic oxidation sites excluding steroid dienone is 6. The molecule has 74 heavy (non-hydrogen) atoms. The second kappa shape index (κ2) is 31.0. The van der Waals surface area contributed by atoms with Crippen LogP contribution in [0.1, 0.15) is 132 Å². The van der Waals surface area contributed by atoms with Crippen molar-refractivity contribution >= 4 is 47.0 Å². The Kier molecular flexibility index (Phi) is 26.4. The Bertz CT molecular complexity index is 1990. The van der Waals surface area contributed by atoms with Gasteiger partial charge in [0.25, 0.3) is 11.7 Å². The largest absolute Gasteiger partial charge is 0.463 e. The molecular weight excluding hydrogens is 971 g/mol. The van der Waals surface area contributed by atoms with Crippen molar-refractivity contribution in [2.45, 2.75) is 187 Å². The van der Waals surface area contributed by atoms with Gasteiger partial charge in [-0.05, 0) is 113 Å². The zero-order chi connectivity index (χ0) is 54.7. The average molecular weight is 1060 g/mol. The first-order valence-corrected chi connectivity index (χ1v) is 28.2. The maximum atomic E-state index is 14.6. The molecule has 0 spiro atoms. The number of ketones is 3. The number of esters is 2. The topological polar surface area (TPSA) is 211 Å². The normalized spacial score (nSPS) is 36.9. The molecule has 4 rings (SSSR count). The van der Waals surface area contributed by atoms with Crippen LogP contribution in [0.4, 0.5) is 0 Å². The van der Waals surface area contributed by atoms with Crippen LogP contribution >= 0.6 is 11.8 Å². The Morgan fingerprint density at radius 3 is 2.31 bits per heavy atom. The summed E-state index contributed by atoms with van der Waals surface area (Å²) in [6, 6.07) is -1.16. The number of hydrogen-bond donors (Lipinski definition) is 2. The number of aliphatic hydroxyl groups is 2. The van der Waals surface area contributed by atoms with Crippen LogP contribution in [-0.4, -0.2) is 157 Å². The number of cyclic esters (lactones) is 1. The molecule has 16 nitrogen and oxygen atoms in total. The Morgan fingerprint density at radius 1 is 0.878 bits per heavy atom. The van der Waals surface area contributed by atoms with E-state index >= 15 is 0 Å². The van der Waals surface area contributed by atoms with Crippen molar-refractivity contribution in [3.05, 3.63) is 47.6 Å². The van der Waals surface area contributed by atoms with Gasteiger partial charge in [0.15, 0.2) is 5.78 Å². The highest BCUT2D eigenvalue weighted by Crippen LogP contribution is 2.38. The van der Waals surface area contributed by atoms with Crippen molar-refractivity contribution in [3.63, 3.8) is 0 Å². The van der Waals surface area contributed by atoms with Gasteiger partial charge in [0.2, 0.25) is 5.79 Å². The van der Waals surface area contributed by atoms with Crippen molar-refractivity contribution in [1.82, 2.24) is 4.90 Å². The summed E-state index contributed by atoms with van der Waals surface area (Å²) >= 11 is 1.49. The lowest BCUT2D eigenvalue weighted by Gasteiger charge is -2.42. The molecule has 0 aromatic rings. The third-order valence-corrected chi connectivity index (χ3v) is 16.4. The first-order chi connectivity index (χ1) is 35.2. The minimum Gasteiger partial charge on any atom is -0.463 e. The van der Waals surface area contributed by atoms with E-state index in [2.05, 4.69) is 0 Å². The highest BCUT2D eigenvalue weighted by molar-refractivity contribution is 7.99. The summed E-state index contributed by atoms with van der Waals surface area (Å²) in [6.45, 7) is 15.1. The molecule has 3 fully saturated rings. The van der Waals surface area contributed by atoms with Gasteiger partial charge in [0.05, 0.1) is 36.8 Å².